The SMILES string of the molecule is CCCCCCCCCCC(O)CCCC(CCCCC)S(=O)(=O)O. The summed E-state index contributed by atoms with van der Waals surface area (Å²) in [7, 11) is -3.96. The number of aliphatic hydroxyl groups excluding tert-OH is 1. The van der Waals surface area contributed by atoms with Crippen molar-refractivity contribution in [2.45, 2.75) is 128 Å². The Hall–Kier alpha value is -0.130. The van der Waals surface area contributed by atoms with E-state index < -0.39 is 15.4 Å². The summed E-state index contributed by atoms with van der Waals surface area (Å²) in [6, 6.07) is 0. The molecule has 2 atom stereocenters. The van der Waals surface area contributed by atoms with Gasteiger partial charge in [-0.05, 0) is 32.1 Å². The third kappa shape index (κ3) is 15.8. The van der Waals surface area contributed by atoms with Crippen molar-refractivity contribution < 1.29 is 18.1 Å². The predicted molar refractivity (Wildman–Crippen MR) is 107 cm³/mol. The van der Waals surface area contributed by atoms with Gasteiger partial charge in [-0.25, -0.2) is 0 Å². The molecule has 152 valence electrons. The Morgan fingerprint density at radius 1 is 0.640 bits per heavy atom. The van der Waals surface area contributed by atoms with Crippen LogP contribution in [0.25, 0.3) is 0 Å². The van der Waals surface area contributed by atoms with Crippen LogP contribution < -0.4 is 0 Å². The Balaban J connectivity index is 3.72. The lowest BCUT2D eigenvalue weighted by Gasteiger charge is -2.15. The van der Waals surface area contributed by atoms with Crippen LogP contribution in [0.1, 0.15) is 117 Å². The van der Waals surface area contributed by atoms with Gasteiger partial charge in [0.15, 0.2) is 0 Å². The van der Waals surface area contributed by atoms with E-state index in [1.807, 2.05) is 0 Å². The third-order valence-corrected chi connectivity index (χ3v) is 6.32. The molecule has 25 heavy (non-hydrogen) atoms. The van der Waals surface area contributed by atoms with Crippen LogP contribution >= 0.6 is 0 Å². The topological polar surface area (TPSA) is 74.6 Å². The van der Waals surface area contributed by atoms with E-state index in [2.05, 4.69) is 13.8 Å². The van der Waals surface area contributed by atoms with Gasteiger partial charge in [0.1, 0.15) is 0 Å². The van der Waals surface area contributed by atoms with Gasteiger partial charge < -0.3 is 5.11 Å². The quantitative estimate of drug-likeness (QED) is 0.230. The van der Waals surface area contributed by atoms with Crippen molar-refractivity contribution in [1.82, 2.24) is 0 Å². The molecule has 0 saturated heterocycles. The average molecular weight is 379 g/mol. The standard InChI is InChI=1S/C20H42O4S/c1-3-5-7-8-9-10-11-13-15-19(21)16-14-18-20(25(22,23)24)17-12-6-4-2/h19-21H,3-18H2,1-2H3,(H,22,23,24). The molecule has 0 aromatic carbocycles. The Bertz CT molecular complexity index is 381. The average Bonchev–Trinajstić information content (AvgIpc) is 2.55. The van der Waals surface area contributed by atoms with Crippen molar-refractivity contribution in [2.75, 3.05) is 0 Å². The molecular formula is C20H42O4S. The summed E-state index contributed by atoms with van der Waals surface area (Å²) >= 11 is 0. The van der Waals surface area contributed by atoms with Crippen LogP contribution in [0.2, 0.25) is 0 Å². The second-order valence-electron chi connectivity index (χ2n) is 7.48. The van der Waals surface area contributed by atoms with Crippen LogP contribution in [-0.4, -0.2) is 29.4 Å². The summed E-state index contributed by atoms with van der Waals surface area (Å²) in [5.74, 6) is 0. The molecule has 0 saturated carbocycles. The second-order valence-corrected chi connectivity index (χ2v) is 9.18. The molecule has 0 aromatic heterocycles. The molecule has 0 aromatic rings. The molecule has 0 spiro atoms. The molecule has 0 aliphatic rings. The first-order chi connectivity index (χ1) is 11.9. The zero-order valence-electron chi connectivity index (χ0n) is 16.6. The first-order valence-corrected chi connectivity index (χ1v) is 12.1. The number of hydrogen-bond donors (Lipinski definition) is 2. The Morgan fingerprint density at radius 2 is 1.04 bits per heavy atom. The number of rotatable bonds is 18. The summed E-state index contributed by atoms with van der Waals surface area (Å²) in [6.07, 6.45) is 15.7. The summed E-state index contributed by atoms with van der Waals surface area (Å²) in [5.41, 5.74) is 0. The van der Waals surface area contributed by atoms with Crippen molar-refractivity contribution in [2.24, 2.45) is 0 Å². The number of aliphatic hydroxyl groups is 1. The molecule has 4 nitrogen and oxygen atoms in total. The van der Waals surface area contributed by atoms with Crippen molar-refractivity contribution in [3.8, 4) is 0 Å². The van der Waals surface area contributed by atoms with Gasteiger partial charge in [0.25, 0.3) is 10.1 Å². The highest BCUT2D eigenvalue weighted by Gasteiger charge is 2.22. The van der Waals surface area contributed by atoms with Crippen molar-refractivity contribution in [1.29, 1.82) is 0 Å². The zero-order chi connectivity index (χ0) is 19.0. The molecule has 2 N–H and O–H groups in total. The lowest BCUT2D eigenvalue weighted by molar-refractivity contribution is 0.147. The highest BCUT2D eigenvalue weighted by molar-refractivity contribution is 7.86. The van der Waals surface area contributed by atoms with Crippen LogP contribution in [0.4, 0.5) is 0 Å². The first-order valence-electron chi connectivity index (χ1n) is 10.6. The van der Waals surface area contributed by atoms with Crippen molar-refractivity contribution in [3.05, 3.63) is 0 Å². The fourth-order valence-electron chi connectivity index (χ4n) is 3.30. The van der Waals surface area contributed by atoms with Crippen LogP contribution in [0.15, 0.2) is 0 Å². The van der Waals surface area contributed by atoms with Gasteiger partial charge in [-0.3, -0.25) is 4.55 Å². The van der Waals surface area contributed by atoms with Crippen molar-refractivity contribution >= 4 is 10.1 Å². The smallest absolute Gasteiger partial charge is 0.267 e. The van der Waals surface area contributed by atoms with Gasteiger partial charge in [-0.1, -0.05) is 84.5 Å². The van der Waals surface area contributed by atoms with Crippen LogP contribution in [0, 0.1) is 0 Å². The van der Waals surface area contributed by atoms with Gasteiger partial charge in [-0.15, -0.1) is 0 Å². The second kappa shape index (κ2) is 16.1. The lowest BCUT2D eigenvalue weighted by atomic mass is 10.0. The molecular weight excluding hydrogens is 336 g/mol. The van der Waals surface area contributed by atoms with Gasteiger partial charge in [0.2, 0.25) is 0 Å². The summed E-state index contributed by atoms with van der Waals surface area (Å²) in [5, 5.41) is 9.38. The van der Waals surface area contributed by atoms with Gasteiger partial charge in [0, 0.05) is 0 Å². The normalized spacial score (nSPS) is 14.6. The number of hydrogen-bond acceptors (Lipinski definition) is 3. The van der Waals surface area contributed by atoms with E-state index in [0.29, 0.717) is 25.7 Å². The maximum absolute atomic E-state index is 11.4. The van der Waals surface area contributed by atoms with E-state index in [4.69, 9.17) is 0 Å². The van der Waals surface area contributed by atoms with E-state index >= 15 is 0 Å². The van der Waals surface area contributed by atoms with Gasteiger partial charge in [-0.2, -0.15) is 8.42 Å². The summed E-state index contributed by atoms with van der Waals surface area (Å²) in [4.78, 5) is 0. The van der Waals surface area contributed by atoms with Crippen LogP contribution in [0.5, 0.6) is 0 Å². The maximum Gasteiger partial charge on any atom is 0.267 e. The molecule has 2 unspecified atom stereocenters. The molecule has 0 rings (SSSR count). The molecule has 0 amide bonds. The number of unbranched alkanes of at least 4 members (excludes halogenated alkanes) is 9. The minimum Gasteiger partial charge on any atom is -0.393 e. The van der Waals surface area contributed by atoms with E-state index in [9.17, 15) is 18.1 Å². The van der Waals surface area contributed by atoms with Crippen LogP contribution in [-0.2, 0) is 10.1 Å². The van der Waals surface area contributed by atoms with E-state index in [1.165, 1.54) is 44.9 Å². The minimum atomic E-state index is -3.96. The van der Waals surface area contributed by atoms with Crippen LogP contribution in [0.3, 0.4) is 0 Å². The Kier molecular flexibility index (Phi) is 16.0. The van der Waals surface area contributed by atoms with Gasteiger partial charge >= 0.3 is 0 Å². The molecule has 0 aliphatic carbocycles. The fraction of sp³-hybridized carbons (Fsp3) is 1.00. The minimum absolute atomic E-state index is 0.335. The highest BCUT2D eigenvalue weighted by Crippen LogP contribution is 2.19. The zero-order valence-corrected chi connectivity index (χ0v) is 17.4. The monoisotopic (exact) mass is 378 g/mol. The van der Waals surface area contributed by atoms with E-state index in [1.54, 1.807) is 0 Å². The molecule has 0 bridgehead atoms. The van der Waals surface area contributed by atoms with E-state index in [-0.39, 0.29) is 6.10 Å². The molecule has 0 heterocycles. The predicted octanol–water partition coefficient (Wildman–Crippen LogP) is 5.89. The third-order valence-electron chi connectivity index (χ3n) is 5.01. The molecule has 5 heteroatoms. The fourth-order valence-corrected chi connectivity index (χ4v) is 4.23. The lowest BCUT2D eigenvalue weighted by Crippen LogP contribution is -2.21. The largest absolute Gasteiger partial charge is 0.393 e. The molecule has 0 fully saturated rings. The van der Waals surface area contributed by atoms with Gasteiger partial charge in [0.05, 0.1) is 11.4 Å². The Labute approximate surface area is 156 Å². The summed E-state index contributed by atoms with van der Waals surface area (Å²) in [6.45, 7) is 4.30. The highest BCUT2D eigenvalue weighted by atomic mass is 32.2. The summed E-state index contributed by atoms with van der Waals surface area (Å²) < 4.78 is 32.2. The molecule has 0 aliphatic heterocycles. The Morgan fingerprint density at radius 3 is 1.60 bits per heavy atom. The maximum atomic E-state index is 11.4. The molecule has 0 radical (unpaired) electrons. The first kappa shape index (κ1) is 24.9. The van der Waals surface area contributed by atoms with E-state index in [0.717, 1.165) is 32.1 Å². The van der Waals surface area contributed by atoms with Crippen molar-refractivity contribution in [3.63, 3.8) is 0 Å².